The Morgan fingerprint density at radius 3 is 2.28 bits per heavy atom. The molecule has 1 fully saturated rings. The molecule has 1 aliphatic heterocycles. The minimum Gasteiger partial charge on any atom is -0.305 e. The quantitative estimate of drug-likeness (QED) is 0.819. The molecular weight excluding hydrogens is 220 g/mol. The Labute approximate surface area is 111 Å². The Balaban J connectivity index is 2.23. The molecule has 0 saturated carbocycles. The van der Waals surface area contributed by atoms with Crippen LogP contribution < -0.4 is 5.32 Å². The van der Waals surface area contributed by atoms with Gasteiger partial charge in [0.05, 0.1) is 5.54 Å². The van der Waals surface area contributed by atoms with Crippen LogP contribution in [0, 0.1) is 0 Å². The van der Waals surface area contributed by atoms with Crippen LogP contribution in [0.15, 0.2) is 24.3 Å². The SMILES string of the molecule is CN1CCNC(C)(c2ccc(C(C)(C)C)cc2)C1. The number of nitrogens with zero attached hydrogens (tertiary/aromatic N) is 1. The number of nitrogens with one attached hydrogen (secondary N) is 1. The zero-order chi connectivity index (χ0) is 13.4. The number of hydrogen-bond acceptors (Lipinski definition) is 2. The van der Waals surface area contributed by atoms with Crippen molar-refractivity contribution in [1.29, 1.82) is 0 Å². The number of piperazine rings is 1. The average molecular weight is 246 g/mol. The summed E-state index contributed by atoms with van der Waals surface area (Å²) in [5.41, 5.74) is 3.11. The molecule has 0 bridgehead atoms. The van der Waals surface area contributed by atoms with Gasteiger partial charge in [-0.3, -0.25) is 0 Å². The van der Waals surface area contributed by atoms with Gasteiger partial charge in [0.25, 0.3) is 0 Å². The normalized spacial score (nSPS) is 26.3. The largest absolute Gasteiger partial charge is 0.305 e. The van der Waals surface area contributed by atoms with Crippen molar-refractivity contribution in [3.63, 3.8) is 0 Å². The highest BCUT2D eigenvalue weighted by atomic mass is 15.2. The summed E-state index contributed by atoms with van der Waals surface area (Å²) in [5.74, 6) is 0. The van der Waals surface area contributed by atoms with Gasteiger partial charge >= 0.3 is 0 Å². The monoisotopic (exact) mass is 246 g/mol. The zero-order valence-corrected chi connectivity index (χ0v) is 12.4. The molecule has 1 aromatic rings. The van der Waals surface area contributed by atoms with Crippen LogP contribution >= 0.6 is 0 Å². The molecule has 0 radical (unpaired) electrons. The molecule has 0 amide bonds. The van der Waals surface area contributed by atoms with Gasteiger partial charge in [-0.15, -0.1) is 0 Å². The lowest BCUT2D eigenvalue weighted by molar-refractivity contribution is 0.171. The number of benzene rings is 1. The van der Waals surface area contributed by atoms with Crippen LogP contribution in [0.5, 0.6) is 0 Å². The standard InChI is InChI=1S/C16H26N2/c1-15(2,3)13-6-8-14(9-7-13)16(4)12-18(5)11-10-17-16/h6-9,17H,10-12H2,1-5H3. The van der Waals surface area contributed by atoms with Crippen molar-refractivity contribution in [3.05, 3.63) is 35.4 Å². The number of likely N-dealkylation sites (N-methyl/N-ethyl adjacent to an activating group) is 1. The highest BCUT2D eigenvalue weighted by Crippen LogP contribution is 2.27. The van der Waals surface area contributed by atoms with Gasteiger partial charge in [0.15, 0.2) is 0 Å². The molecular formula is C16H26N2. The summed E-state index contributed by atoms with van der Waals surface area (Å²) in [6.45, 7) is 12.4. The van der Waals surface area contributed by atoms with E-state index in [0.717, 1.165) is 19.6 Å². The van der Waals surface area contributed by atoms with E-state index in [9.17, 15) is 0 Å². The second-order valence-corrected chi connectivity index (χ2v) is 6.82. The van der Waals surface area contributed by atoms with Crippen molar-refractivity contribution >= 4 is 0 Å². The van der Waals surface area contributed by atoms with E-state index in [1.54, 1.807) is 0 Å². The van der Waals surface area contributed by atoms with Gasteiger partial charge in [-0.25, -0.2) is 0 Å². The minimum absolute atomic E-state index is 0.0867. The van der Waals surface area contributed by atoms with Gasteiger partial charge in [-0.1, -0.05) is 45.0 Å². The molecule has 2 rings (SSSR count). The molecule has 0 aromatic heterocycles. The van der Waals surface area contributed by atoms with Crippen molar-refractivity contribution in [2.75, 3.05) is 26.7 Å². The lowest BCUT2D eigenvalue weighted by Gasteiger charge is -2.40. The summed E-state index contributed by atoms with van der Waals surface area (Å²) < 4.78 is 0. The van der Waals surface area contributed by atoms with Crippen molar-refractivity contribution in [2.24, 2.45) is 0 Å². The average Bonchev–Trinajstić information content (AvgIpc) is 2.28. The van der Waals surface area contributed by atoms with Crippen LogP contribution in [0.3, 0.4) is 0 Å². The van der Waals surface area contributed by atoms with Gasteiger partial charge in [0.2, 0.25) is 0 Å². The molecule has 100 valence electrons. The Bertz CT molecular complexity index is 402. The highest BCUT2D eigenvalue weighted by Gasteiger charge is 2.30. The molecule has 2 nitrogen and oxygen atoms in total. The second kappa shape index (κ2) is 4.67. The lowest BCUT2D eigenvalue weighted by atomic mass is 9.83. The predicted octanol–water partition coefficient (Wildman–Crippen LogP) is 2.73. The van der Waals surface area contributed by atoms with E-state index in [1.807, 2.05) is 0 Å². The summed E-state index contributed by atoms with van der Waals surface area (Å²) in [6, 6.07) is 9.12. The van der Waals surface area contributed by atoms with Gasteiger partial charge in [0.1, 0.15) is 0 Å². The molecule has 1 saturated heterocycles. The molecule has 0 aliphatic carbocycles. The molecule has 1 heterocycles. The van der Waals surface area contributed by atoms with E-state index in [1.165, 1.54) is 11.1 Å². The third kappa shape index (κ3) is 2.76. The zero-order valence-electron chi connectivity index (χ0n) is 12.4. The van der Waals surface area contributed by atoms with Crippen molar-refractivity contribution < 1.29 is 0 Å². The summed E-state index contributed by atoms with van der Waals surface area (Å²) in [6.07, 6.45) is 0. The van der Waals surface area contributed by atoms with E-state index in [2.05, 4.69) is 69.2 Å². The fourth-order valence-corrected chi connectivity index (χ4v) is 2.73. The molecule has 18 heavy (non-hydrogen) atoms. The smallest absolute Gasteiger partial charge is 0.0535 e. The lowest BCUT2D eigenvalue weighted by Crippen LogP contribution is -2.55. The van der Waals surface area contributed by atoms with Crippen LogP contribution in [0.25, 0.3) is 0 Å². The Kier molecular flexibility index (Phi) is 3.52. The van der Waals surface area contributed by atoms with Crippen LogP contribution in [-0.2, 0) is 11.0 Å². The van der Waals surface area contributed by atoms with Gasteiger partial charge in [0, 0.05) is 19.6 Å². The van der Waals surface area contributed by atoms with Crippen molar-refractivity contribution in [1.82, 2.24) is 10.2 Å². The van der Waals surface area contributed by atoms with E-state index >= 15 is 0 Å². The maximum Gasteiger partial charge on any atom is 0.0535 e. The van der Waals surface area contributed by atoms with E-state index in [-0.39, 0.29) is 11.0 Å². The number of rotatable bonds is 1. The van der Waals surface area contributed by atoms with E-state index < -0.39 is 0 Å². The highest BCUT2D eigenvalue weighted by molar-refractivity contribution is 5.32. The second-order valence-electron chi connectivity index (χ2n) is 6.82. The molecule has 1 N–H and O–H groups in total. The third-order valence-corrected chi connectivity index (χ3v) is 3.98. The Morgan fingerprint density at radius 1 is 1.17 bits per heavy atom. The minimum atomic E-state index is 0.0867. The topological polar surface area (TPSA) is 15.3 Å². The Hall–Kier alpha value is -0.860. The summed E-state index contributed by atoms with van der Waals surface area (Å²) in [4.78, 5) is 2.40. The van der Waals surface area contributed by atoms with Gasteiger partial charge < -0.3 is 10.2 Å². The Morgan fingerprint density at radius 2 is 1.78 bits per heavy atom. The first-order chi connectivity index (χ1) is 8.31. The summed E-state index contributed by atoms with van der Waals surface area (Å²) in [5, 5.41) is 3.66. The maximum absolute atomic E-state index is 3.66. The first kappa shape index (κ1) is 13.6. The third-order valence-electron chi connectivity index (χ3n) is 3.98. The summed E-state index contributed by atoms with van der Waals surface area (Å²) >= 11 is 0. The first-order valence-corrected chi connectivity index (χ1v) is 6.86. The van der Waals surface area contributed by atoms with Gasteiger partial charge in [-0.2, -0.15) is 0 Å². The molecule has 1 atom stereocenters. The van der Waals surface area contributed by atoms with Crippen molar-refractivity contribution in [3.8, 4) is 0 Å². The fourth-order valence-electron chi connectivity index (χ4n) is 2.73. The molecule has 2 heteroatoms. The first-order valence-electron chi connectivity index (χ1n) is 6.86. The molecule has 1 aliphatic rings. The fraction of sp³-hybridized carbons (Fsp3) is 0.625. The predicted molar refractivity (Wildman–Crippen MR) is 78.0 cm³/mol. The van der Waals surface area contributed by atoms with Crippen molar-refractivity contribution in [2.45, 2.75) is 38.6 Å². The van der Waals surface area contributed by atoms with Gasteiger partial charge in [-0.05, 0) is 30.5 Å². The van der Waals surface area contributed by atoms with Crippen LogP contribution in [0.4, 0.5) is 0 Å². The molecule has 1 aromatic carbocycles. The van der Waals surface area contributed by atoms with Crippen LogP contribution in [0.2, 0.25) is 0 Å². The van der Waals surface area contributed by atoms with Crippen LogP contribution in [0.1, 0.15) is 38.8 Å². The van der Waals surface area contributed by atoms with E-state index in [0.29, 0.717) is 0 Å². The summed E-state index contributed by atoms with van der Waals surface area (Å²) in [7, 11) is 2.20. The number of hydrogen-bond donors (Lipinski definition) is 1. The van der Waals surface area contributed by atoms with E-state index in [4.69, 9.17) is 0 Å². The molecule has 1 unspecified atom stereocenters. The molecule has 0 spiro atoms. The van der Waals surface area contributed by atoms with Crippen LogP contribution in [-0.4, -0.2) is 31.6 Å². The maximum atomic E-state index is 3.66.